The van der Waals surface area contributed by atoms with Gasteiger partial charge in [0.1, 0.15) is 5.76 Å². The second-order valence-corrected chi connectivity index (χ2v) is 5.01. The van der Waals surface area contributed by atoms with Crippen LogP contribution in [0.3, 0.4) is 0 Å². The Morgan fingerprint density at radius 1 is 1.50 bits per heavy atom. The lowest BCUT2D eigenvalue weighted by atomic mass is 10.1. The number of rotatable bonds is 6. The number of likely N-dealkylation sites (N-methyl/N-ethyl adjacent to an activating group) is 1. The number of hydrogen-bond donors (Lipinski definition) is 1. The highest BCUT2D eigenvalue weighted by molar-refractivity contribution is 5.03. The Bertz CT molecular complexity index is 302. The summed E-state index contributed by atoms with van der Waals surface area (Å²) < 4.78 is 5.39. The Labute approximate surface area is 97.8 Å². The van der Waals surface area contributed by atoms with Crippen LogP contribution in [0.15, 0.2) is 22.8 Å². The highest BCUT2D eigenvalue weighted by atomic mass is 16.3. The summed E-state index contributed by atoms with van der Waals surface area (Å²) in [7, 11) is 4.34. The molecule has 0 aliphatic heterocycles. The number of nitrogens with one attached hydrogen (secondary N) is 1. The molecule has 1 fully saturated rings. The van der Waals surface area contributed by atoms with E-state index < -0.39 is 0 Å². The lowest BCUT2D eigenvalue weighted by molar-refractivity contribution is 0.246. The van der Waals surface area contributed by atoms with Crippen molar-refractivity contribution in [2.45, 2.75) is 31.8 Å². The molecule has 3 nitrogen and oxygen atoms in total. The Kier molecular flexibility index (Phi) is 3.66. The molecule has 2 atom stereocenters. The van der Waals surface area contributed by atoms with Crippen LogP contribution in [0.1, 0.15) is 31.6 Å². The van der Waals surface area contributed by atoms with Crippen molar-refractivity contribution in [2.75, 3.05) is 20.6 Å². The summed E-state index contributed by atoms with van der Waals surface area (Å²) in [6.07, 6.45) is 4.51. The van der Waals surface area contributed by atoms with Crippen molar-refractivity contribution in [3.63, 3.8) is 0 Å². The van der Waals surface area contributed by atoms with Crippen molar-refractivity contribution in [2.24, 2.45) is 5.92 Å². The predicted octanol–water partition coefficient (Wildman–Crippen LogP) is 2.27. The van der Waals surface area contributed by atoms with Gasteiger partial charge in [-0.1, -0.05) is 0 Å². The van der Waals surface area contributed by atoms with Crippen molar-refractivity contribution in [1.82, 2.24) is 10.2 Å². The van der Waals surface area contributed by atoms with Gasteiger partial charge in [0.25, 0.3) is 0 Å². The SMILES string of the molecule is CC(NCC(C1CC1)N(C)C)c1ccco1. The average molecular weight is 222 g/mol. The van der Waals surface area contributed by atoms with Crippen molar-refractivity contribution in [3.05, 3.63) is 24.2 Å². The Balaban J connectivity index is 1.81. The Morgan fingerprint density at radius 3 is 2.75 bits per heavy atom. The third-order valence-electron chi connectivity index (χ3n) is 3.43. The maximum atomic E-state index is 5.39. The van der Waals surface area contributed by atoms with Gasteiger partial charge in [-0.25, -0.2) is 0 Å². The molecule has 1 heterocycles. The van der Waals surface area contributed by atoms with Gasteiger partial charge in [-0.15, -0.1) is 0 Å². The summed E-state index contributed by atoms with van der Waals surface area (Å²) >= 11 is 0. The largest absolute Gasteiger partial charge is 0.468 e. The minimum atomic E-state index is 0.302. The lowest BCUT2D eigenvalue weighted by Gasteiger charge is -2.25. The molecule has 1 aliphatic rings. The molecule has 0 spiro atoms. The van der Waals surface area contributed by atoms with E-state index in [0.717, 1.165) is 18.2 Å². The molecule has 2 unspecified atom stereocenters. The molecule has 1 aromatic heterocycles. The molecule has 0 radical (unpaired) electrons. The minimum absolute atomic E-state index is 0.302. The second kappa shape index (κ2) is 5.02. The summed E-state index contributed by atoms with van der Waals surface area (Å²) in [5.41, 5.74) is 0. The zero-order valence-electron chi connectivity index (χ0n) is 10.4. The first kappa shape index (κ1) is 11.7. The van der Waals surface area contributed by atoms with E-state index in [2.05, 4.69) is 31.2 Å². The summed E-state index contributed by atoms with van der Waals surface area (Å²) in [5, 5.41) is 3.55. The van der Waals surface area contributed by atoms with Crippen LogP contribution >= 0.6 is 0 Å². The lowest BCUT2D eigenvalue weighted by Crippen LogP contribution is -2.40. The van der Waals surface area contributed by atoms with E-state index in [0.29, 0.717) is 12.1 Å². The van der Waals surface area contributed by atoms with E-state index in [4.69, 9.17) is 4.42 Å². The molecule has 1 aromatic rings. The van der Waals surface area contributed by atoms with Crippen molar-refractivity contribution in [3.8, 4) is 0 Å². The van der Waals surface area contributed by atoms with E-state index >= 15 is 0 Å². The highest BCUT2D eigenvalue weighted by Crippen LogP contribution is 2.34. The molecule has 0 bridgehead atoms. The standard InChI is InChI=1S/C13H22N2O/c1-10(13-5-4-8-16-13)14-9-12(15(2)3)11-6-7-11/h4-5,8,10-12,14H,6-7,9H2,1-3H3. The van der Waals surface area contributed by atoms with Crippen LogP contribution < -0.4 is 5.32 Å². The molecule has 1 saturated carbocycles. The molecule has 3 heteroatoms. The fourth-order valence-corrected chi connectivity index (χ4v) is 2.19. The van der Waals surface area contributed by atoms with Gasteiger partial charge < -0.3 is 14.6 Å². The average Bonchev–Trinajstić information content (AvgIpc) is 2.93. The van der Waals surface area contributed by atoms with Gasteiger partial charge in [-0.2, -0.15) is 0 Å². The Hall–Kier alpha value is -0.800. The number of hydrogen-bond acceptors (Lipinski definition) is 3. The van der Waals surface area contributed by atoms with Gasteiger partial charge in [0.15, 0.2) is 0 Å². The quantitative estimate of drug-likeness (QED) is 0.800. The van der Waals surface area contributed by atoms with E-state index in [1.807, 2.05) is 12.1 Å². The van der Waals surface area contributed by atoms with E-state index in [1.54, 1.807) is 6.26 Å². The minimum Gasteiger partial charge on any atom is -0.468 e. The molecule has 16 heavy (non-hydrogen) atoms. The van der Waals surface area contributed by atoms with Crippen LogP contribution in [0, 0.1) is 5.92 Å². The third kappa shape index (κ3) is 2.86. The summed E-state index contributed by atoms with van der Waals surface area (Å²) in [6, 6.07) is 4.94. The van der Waals surface area contributed by atoms with E-state index in [-0.39, 0.29) is 0 Å². The van der Waals surface area contributed by atoms with Gasteiger partial charge in [-0.05, 0) is 51.9 Å². The molecule has 2 rings (SSSR count). The summed E-state index contributed by atoms with van der Waals surface area (Å²) in [4.78, 5) is 2.33. The van der Waals surface area contributed by atoms with Gasteiger partial charge in [0.05, 0.1) is 12.3 Å². The molecular weight excluding hydrogens is 200 g/mol. The predicted molar refractivity (Wildman–Crippen MR) is 65.3 cm³/mol. The van der Waals surface area contributed by atoms with Crippen LogP contribution in [-0.2, 0) is 0 Å². The maximum Gasteiger partial charge on any atom is 0.120 e. The van der Waals surface area contributed by atoms with Crippen LogP contribution in [0.2, 0.25) is 0 Å². The molecular formula is C13H22N2O. The van der Waals surface area contributed by atoms with E-state index in [9.17, 15) is 0 Å². The maximum absolute atomic E-state index is 5.39. The van der Waals surface area contributed by atoms with Gasteiger partial charge in [0, 0.05) is 12.6 Å². The third-order valence-corrected chi connectivity index (χ3v) is 3.43. The first-order chi connectivity index (χ1) is 7.68. The molecule has 1 N–H and O–H groups in total. The van der Waals surface area contributed by atoms with Gasteiger partial charge in [-0.3, -0.25) is 0 Å². The fourth-order valence-electron chi connectivity index (χ4n) is 2.19. The summed E-state index contributed by atoms with van der Waals surface area (Å²) in [5.74, 6) is 1.92. The van der Waals surface area contributed by atoms with E-state index in [1.165, 1.54) is 12.8 Å². The topological polar surface area (TPSA) is 28.4 Å². The molecule has 90 valence electrons. The van der Waals surface area contributed by atoms with Crippen molar-refractivity contribution < 1.29 is 4.42 Å². The number of nitrogens with zero attached hydrogens (tertiary/aromatic N) is 1. The van der Waals surface area contributed by atoms with Gasteiger partial charge >= 0.3 is 0 Å². The monoisotopic (exact) mass is 222 g/mol. The number of furan rings is 1. The van der Waals surface area contributed by atoms with Crippen LogP contribution in [0.4, 0.5) is 0 Å². The van der Waals surface area contributed by atoms with Crippen molar-refractivity contribution >= 4 is 0 Å². The fraction of sp³-hybridized carbons (Fsp3) is 0.692. The van der Waals surface area contributed by atoms with Crippen molar-refractivity contribution in [1.29, 1.82) is 0 Å². The molecule has 0 aromatic carbocycles. The second-order valence-electron chi connectivity index (χ2n) is 5.01. The molecule has 0 amide bonds. The molecule has 0 saturated heterocycles. The van der Waals surface area contributed by atoms with Crippen LogP contribution in [0.25, 0.3) is 0 Å². The van der Waals surface area contributed by atoms with Crippen LogP contribution in [0.5, 0.6) is 0 Å². The normalized spacial score (nSPS) is 20.0. The van der Waals surface area contributed by atoms with Gasteiger partial charge in [0.2, 0.25) is 0 Å². The smallest absolute Gasteiger partial charge is 0.120 e. The first-order valence-corrected chi connectivity index (χ1v) is 6.11. The van der Waals surface area contributed by atoms with Crippen LogP contribution in [-0.4, -0.2) is 31.6 Å². The molecule has 1 aliphatic carbocycles. The zero-order valence-corrected chi connectivity index (χ0v) is 10.4. The highest BCUT2D eigenvalue weighted by Gasteiger charge is 2.32. The first-order valence-electron chi connectivity index (χ1n) is 6.11. The summed E-state index contributed by atoms with van der Waals surface area (Å²) in [6.45, 7) is 3.19. The zero-order chi connectivity index (χ0) is 11.5. The Morgan fingerprint density at radius 2 is 2.25 bits per heavy atom.